The van der Waals surface area contributed by atoms with Crippen LogP contribution in [0.3, 0.4) is 0 Å². The lowest BCUT2D eigenvalue weighted by atomic mass is 10.2. The van der Waals surface area contributed by atoms with Crippen molar-refractivity contribution >= 4 is 34.0 Å². The molecule has 0 saturated carbocycles. The summed E-state index contributed by atoms with van der Waals surface area (Å²) in [5.74, 6) is 0.0626. The van der Waals surface area contributed by atoms with Gasteiger partial charge in [-0.1, -0.05) is 23.7 Å². The van der Waals surface area contributed by atoms with Crippen LogP contribution in [-0.4, -0.2) is 48.5 Å². The van der Waals surface area contributed by atoms with Gasteiger partial charge in [0.1, 0.15) is 0 Å². The van der Waals surface area contributed by atoms with E-state index in [0.29, 0.717) is 18.1 Å². The van der Waals surface area contributed by atoms with Crippen LogP contribution < -0.4 is 10.2 Å². The highest BCUT2D eigenvalue weighted by atomic mass is 35.5. The number of anilines is 1. The topological polar surface area (TPSA) is 48.5 Å². The number of hydrogen-bond acceptors (Lipinski definition) is 5. The molecule has 1 aliphatic heterocycles. The number of nitrogens with one attached hydrogen (secondary N) is 1. The maximum Gasteiger partial charge on any atom is 0.234 e. The van der Waals surface area contributed by atoms with Crippen molar-refractivity contribution < 1.29 is 4.79 Å². The monoisotopic (exact) mass is 364 g/mol. The fraction of sp³-hybridized carbons (Fsp3) is 0.412. The molecule has 1 aromatic heterocycles. The third kappa shape index (κ3) is 4.93. The van der Waals surface area contributed by atoms with E-state index in [-0.39, 0.29) is 5.91 Å². The molecule has 0 bridgehead atoms. The molecule has 1 N–H and O–H groups in total. The summed E-state index contributed by atoms with van der Waals surface area (Å²) in [5, 5.41) is 6.76. The number of thiazole rings is 1. The van der Waals surface area contributed by atoms with E-state index in [0.717, 1.165) is 43.3 Å². The Balaban J connectivity index is 1.43. The Hall–Kier alpha value is -1.63. The van der Waals surface area contributed by atoms with Gasteiger partial charge >= 0.3 is 0 Å². The quantitative estimate of drug-likeness (QED) is 0.886. The van der Waals surface area contributed by atoms with Gasteiger partial charge in [-0.3, -0.25) is 9.69 Å². The first-order valence-electron chi connectivity index (χ1n) is 8.08. The lowest BCUT2D eigenvalue weighted by Gasteiger charge is -2.21. The third-order valence-electron chi connectivity index (χ3n) is 4.05. The third-order valence-corrected chi connectivity index (χ3v) is 5.13. The number of amides is 1. The van der Waals surface area contributed by atoms with Gasteiger partial charge in [0.05, 0.1) is 6.54 Å². The average molecular weight is 365 g/mol. The molecule has 0 spiro atoms. The minimum Gasteiger partial charge on any atom is -0.351 e. The van der Waals surface area contributed by atoms with Crippen LogP contribution in [0.5, 0.6) is 0 Å². The Kier molecular flexibility index (Phi) is 6.07. The van der Waals surface area contributed by atoms with Gasteiger partial charge in [0, 0.05) is 49.3 Å². The first-order chi connectivity index (χ1) is 11.7. The Bertz CT molecular complexity index is 647. The van der Waals surface area contributed by atoms with Gasteiger partial charge in [0.25, 0.3) is 0 Å². The molecule has 2 heterocycles. The van der Waals surface area contributed by atoms with E-state index >= 15 is 0 Å². The van der Waals surface area contributed by atoms with Crippen molar-refractivity contribution in [1.29, 1.82) is 0 Å². The van der Waals surface area contributed by atoms with Crippen LogP contribution in [0.25, 0.3) is 0 Å². The lowest BCUT2D eigenvalue weighted by molar-refractivity contribution is -0.122. The maximum absolute atomic E-state index is 12.2. The molecule has 1 saturated heterocycles. The fourth-order valence-electron chi connectivity index (χ4n) is 2.75. The largest absolute Gasteiger partial charge is 0.351 e. The Morgan fingerprint density at radius 2 is 2.04 bits per heavy atom. The van der Waals surface area contributed by atoms with Crippen LogP contribution in [0, 0.1) is 0 Å². The number of halogens is 1. The van der Waals surface area contributed by atoms with E-state index < -0.39 is 0 Å². The van der Waals surface area contributed by atoms with Crippen molar-refractivity contribution in [1.82, 2.24) is 15.2 Å². The summed E-state index contributed by atoms with van der Waals surface area (Å²) in [5.41, 5.74) is 1.05. The molecule has 1 aliphatic rings. The van der Waals surface area contributed by atoms with Gasteiger partial charge in [0.15, 0.2) is 5.13 Å². The molecule has 24 heavy (non-hydrogen) atoms. The average Bonchev–Trinajstić information content (AvgIpc) is 3.02. The molecule has 0 radical (unpaired) electrons. The summed E-state index contributed by atoms with van der Waals surface area (Å²) in [6.07, 6.45) is 2.89. The molecule has 3 rings (SSSR count). The second-order valence-electron chi connectivity index (χ2n) is 5.83. The highest BCUT2D eigenvalue weighted by Gasteiger charge is 2.18. The van der Waals surface area contributed by atoms with E-state index in [1.807, 2.05) is 35.8 Å². The molecule has 1 fully saturated rings. The van der Waals surface area contributed by atoms with Crippen LogP contribution in [0.1, 0.15) is 12.0 Å². The van der Waals surface area contributed by atoms with Crippen LogP contribution in [0.15, 0.2) is 35.8 Å². The molecule has 5 nitrogen and oxygen atoms in total. The van der Waals surface area contributed by atoms with Crippen molar-refractivity contribution in [3.63, 3.8) is 0 Å². The maximum atomic E-state index is 12.2. The fourth-order valence-corrected chi connectivity index (χ4v) is 3.58. The zero-order valence-electron chi connectivity index (χ0n) is 13.4. The number of hydrogen-bond donors (Lipinski definition) is 1. The normalized spacial score (nSPS) is 16.0. The number of aromatic nitrogens is 1. The van der Waals surface area contributed by atoms with Crippen molar-refractivity contribution in [3.8, 4) is 0 Å². The minimum atomic E-state index is 0.0626. The predicted octanol–water partition coefficient (Wildman–Crippen LogP) is 2.63. The summed E-state index contributed by atoms with van der Waals surface area (Å²) < 4.78 is 0. The standard InChI is InChI=1S/C17H21ClN4OS/c18-15-4-2-14(3-5-15)12-20-16(23)13-21-7-1-8-22(10-9-21)17-19-6-11-24-17/h2-6,11H,1,7-10,12-13H2,(H,20,23). The van der Waals surface area contributed by atoms with Crippen LogP contribution in [0.4, 0.5) is 5.13 Å². The molecule has 128 valence electrons. The van der Waals surface area contributed by atoms with Crippen molar-refractivity contribution in [2.45, 2.75) is 13.0 Å². The number of rotatable bonds is 5. The summed E-state index contributed by atoms with van der Waals surface area (Å²) in [6, 6.07) is 7.54. The van der Waals surface area contributed by atoms with Gasteiger partial charge in [0.2, 0.25) is 5.91 Å². The molecule has 0 unspecified atom stereocenters. The Labute approximate surface area is 151 Å². The van der Waals surface area contributed by atoms with Crippen LogP contribution in [-0.2, 0) is 11.3 Å². The number of benzene rings is 1. The smallest absolute Gasteiger partial charge is 0.234 e. The zero-order chi connectivity index (χ0) is 16.8. The molecule has 1 aromatic carbocycles. The summed E-state index contributed by atoms with van der Waals surface area (Å²) in [6.45, 7) is 4.72. The highest BCUT2D eigenvalue weighted by Crippen LogP contribution is 2.18. The van der Waals surface area contributed by atoms with Crippen molar-refractivity contribution in [2.24, 2.45) is 0 Å². The van der Waals surface area contributed by atoms with E-state index in [1.54, 1.807) is 11.3 Å². The second kappa shape index (κ2) is 8.46. The molecule has 7 heteroatoms. The molecule has 0 aliphatic carbocycles. The molecular formula is C17H21ClN4OS. The SMILES string of the molecule is O=C(CN1CCCN(c2nccs2)CC1)NCc1ccc(Cl)cc1. The number of nitrogens with zero attached hydrogens (tertiary/aromatic N) is 3. The molecule has 2 aromatic rings. The summed E-state index contributed by atoms with van der Waals surface area (Å²) >= 11 is 7.53. The molecule has 0 atom stereocenters. The van der Waals surface area contributed by atoms with Gasteiger partial charge in [-0.25, -0.2) is 4.98 Å². The predicted molar refractivity (Wildman–Crippen MR) is 98.7 cm³/mol. The lowest BCUT2D eigenvalue weighted by Crippen LogP contribution is -2.39. The van der Waals surface area contributed by atoms with Gasteiger partial charge in [-0.05, 0) is 24.1 Å². The zero-order valence-corrected chi connectivity index (χ0v) is 15.0. The van der Waals surface area contributed by atoms with E-state index in [2.05, 4.69) is 20.1 Å². The van der Waals surface area contributed by atoms with E-state index in [1.165, 1.54) is 0 Å². The van der Waals surface area contributed by atoms with Gasteiger partial charge in [-0.2, -0.15) is 0 Å². The summed E-state index contributed by atoms with van der Waals surface area (Å²) in [4.78, 5) is 21.1. The first kappa shape index (κ1) is 17.2. The van der Waals surface area contributed by atoms with E-state index in [9.17, 15) is 4.79 Å². The molecule has 1 amide bonds. The van der Waals surface area contributed by atoms with Crippen LogP contribution in [0.2, 0.25) is 5.02 Å². The summed E-state index contributed by atoms with van der Waals surface area (Å²) in [7, 11) is 0. The van der Waals surface area contributed by atoms with Crippen molar-refractivity contribution in [2.75, 3.05) is 37.6 Å². The van der Waals surface area contributed by atoms with Gasteiger partial charge in [-0.15, -0.1) is 11.3 Å². The van der Waals surface area contributed by atoms with E-state index in [4.69, 9.17) is 11.6 Å². The number of carbonyl (C=O) groups excluding carboxylic acids is 1. The van der Waals surface area contributed by atoms with Gasteiger partial charge < -0.3 is 10.2 Å². The van der Waals surface area contributed by atoms with Crippen LogP contribution >= 0.6 is 22.9 Å². The van der Waals surface area contributed by atoms with Crippen molar-refractivity contribution in [3.05, 3.63) is 46.4 Å². The Morgan fingerprint density at radius 3 is 2.79 bits per heavy atom. The number of carbonyl (C=O) groups is 1. The first-order valence-corrected chi connectivity index (χ1v) is 9.34. The highest BCUT2D eigenvalue weighted by molar-refractivity contribution is 7.13. The Morgan fingerprint density at radius 1 is 1.21 bits per heavy atom. The molecular weight excluding hydrogens is 344 g/mol. The second-order valence-corrected chi connectivity index (χ2v) is 7.14. The minimum absolute atomic E-state index is 0.0626.